The summed E-state index contributed by atoms with van der Waals surface area (Å²) in [6.45, 7) is -0.177. The fourth-order valence-corrected chi connectivity index (χ4v) is 1.97. The van der Waals surface area contributed by atoms with Crippen LogP contribution in [0.25, 0.3) is 0 Å². The van der Waals surface area contributed by atoms with Crippen molar-refractivity contribution in [1.82, 2.24) is 5.32 Å². The van der Waals surface area contributed by atoms with Crippen molar-refractivity contribution >= 4 is 11.9 Å². The number of benzene rings is 2. The fourth-order valence-electron chi connectivity index (χ4n) is 1.97. The van der Waals surface area contributed by atoms with Crippen LogP contribution in [0.4, 0.5) is 4.39 Å². The third-order valence-electron chi connectivity index (χ3n) is 3.08. The van der Waals surface area contributed by atoms with Gasteiger partial charge in [0.15, 0.2) is 0 Å². The summed E-state index contributed by atoms with van der Waals surface area (Å²) < 4.78 is 13.7. The van der Waals surface area contributed by atoms with Crippen LogP contribution in [-0.4, -0.2) is 23.5 Å². The first-order chi connectivity index (χ1) is 10.1. The van der Waals surface area contributed by atoms with Crippen molar-refractivity contribution in [3.05, 3.63) is 71.5 Å². The Morgan fingerprint density at radius 1 is 1.05 bits per heavy atom. The molecule has 4 nitrogen and oxygen atoms in total. The molecule has 108 valence electrons. The number of aliphatic carboxylic acids is 1. The molecule has 0 bridgehead atoms. The quantitative estimate of drug-likeness (QED) is 0.887. The number of carboxylic acids is 1. The lowest BCUT2D eigenvalue weighted by Crippen LogP contribution is -2.32. The van der Waals surface area contributed by atoms with E-state index in [1.165, 1.54) is 18.2 Å². The number of carbonyl (C=O) groups is 2. The summed E-state index contributed by atoms with van der Waals surface area (Å²) in [6.07, 6.45) is 0. The lowest BCUT2D eigenvalue weighted by molar-refractivity contribution is -0.138. The maximum atomic E-state index is 13.7. The van der Waals surface area contributed by atoms with E-state index >= 15 is 0 Å². The molecule has 2 rings (SSSR count). The monoisotopic (exact) mass is 287 g/mol. The number of nitrogens with one attached hydrogen (secondary N) is 1. The van der Waals surface area contributed by atoms with E-state index < -0.39 is 23.6 Å². The number of carbonyl (C=O) groups excluding carboxylic acids is 1. The summed E-state index contributed by atoms with van der Waals surface area (Å²) in [6, 6.07) is 14.1. The Morgan fingerprint density at radius 3 is 2.29 bits per heavy atom. The van der Waals surface area contributed by atoms with Crippen LogP contribution in [0.15, 0.2) is 54.6 Å². The smallest absolute Gasteiger partial charge is 0.312 e. The van der Waals surface area contributed by atoms with Gasteiger partial charge in [-0.3, -0.25) is 9.59 Å². The van der Waals surface area contributed by atoms with Crippen LogP contribution in [-0.2, 0) is 4.79 Å². The molecule has 1 amide bonds. The van der Waals surface area contributed by atoms with Crippen LogP contribution in [0.1, 0.15) is 21.8 Å². The highest BCUT2D eigenvalue weighted by Gasteiger charge is 2.23. The Kier molecular flexibility index (Phi) is 4.66. The van der Waals surface area contributed by atoms with Crippen molar-refractivity contribution < 1.29 is 19.1 Å². The molecule has 0 aliphatic heterocycles. The van der Waals surface area contributed by atoms with E-state index in [1.807, 2.05) is 0 Å². The molecule has 21 heavy (non-hydrogen) atoms. The van der Waals surface area contributed by atoms with Crippen molar-refractivity contribution in [2.45, 2.75) is 5.92 Å². The maximum absolute atomic E-state index is 13.7. The van der Waals surface area contributed by atoms with E-state index in [0.717, 1.165) is 0 Å². The summed E-state index contributed by atoms with van der Waals surface area (Å²) in [5.41, 5.74) is 0.480. The van der Waals surface area contributed by atoms with Crippen molar-refractivity contribution in [3.8, 4) is 0 Å². The van der Waals surface area contributed by atoms with Crippen LogP contribution in [0.5, 0.6) is 0 Å². The molecule has 0 spiro atoms. The van der Waals surface area contributed by atoms with Gasteiger partial charge in [-0.05, 0) is 18.2 Å². The Bertz CT molecular complexity index is 643. The second-order valence-corrected chi connectivity index (χ2v) is 4.49. The average Bonchev–Trinajstić information content (AvgIpc) is 2.49. The zero-order valence-electron chi connectivity index (χ0n) is 11.1. The van der Waals surface area contributed by atoms with Crippen LogP contribution in [0.3, 0.4) is 0 Å². The van der Waals surface area contributed by atoms with Gasteiger partial charge in [0.1, 0.15) is 11.7 Å². The number of hydrogen-bond acceptors (Lipinski definition) is 2. The third-order valence-corrected chi connectivity index (χ3v) is 3.08. The molecule has 0 fully saturated rings. The molecule has 0 aliphatic rings. The molecule has 2 aromatic rings. The molecule has 0 aromatic heterocycles. The normalized spacial score (nSPS) is 11.7. The zero-order valence-corrected chi connectivity index (χ0v) is 11.1. The largest absolute Gasteiger partial charge is 0.481 e. The minimum atomic E-state index is -1.19. The molecule has 2 aromatic carbocycles. The van der Waals surface area contributed by atoms with Gasteiger partial charge in [0.2, 0.25) is 0 Å². The van der Waals surface area contributed by atoms with Gasteiger partial charge in [-0.2, -0.15) is 0 Å². The Hall–Kier alpha value is -2.69. The summed E-state index contributed by atoms with van der Waals surface area (Å²) in [5.74, 6) is -3.30. The zero-order chi connectivity index (χ0) is 15.2. The van der Waals surface area contributed by atoms with E-state index in [1.54, 1.807) is 36.4 Å². The van der Waals surface area contributed by atoms with Crippen LogP contribution in [0, 0.1) is 5.82 Å². The molecule has 0 radical (unpaired) electrons. The minimum absolute atomic E-state index is 0.0540. The standard InChI is InChI=1S/C16H14FNO3/c17-14-9-5-4-8-12(14)13(16(20)21)10-18-15(19)11-6-2-1-3-7-11/h1-9,13H,10H2,(H,18,19)(H,20,21). The number of rotatable bonds is 5. The van der Waals surface area contributed by atoms with Crippen molar-refractivity contribution in [2.75, 3.05) is 6.54 Å². The third kappa shape index (κ3) is 3.66. The minimum Gasteiger partial charge on any atom is -0.481 e. The van der Waals surface area contributed by atoms with E-state index in [2.05, 4.69) is 5.32 Å². The Morgan fingerprint density at radius 2 is 1.67 bits per heavy atom. The molecule has 0 heterocycles. The van der Waals surface area contributed by atoms with Gasteiger partial charge in [-0.1, -0.05) is 36.4 Å². The number of amides is 1. The van der Waals surface area contributed by atoms with Gasteiger partial charge in [-0.15, -0.1) is 0 Å². The van der Waals surface area contributed by atoms with E-state index in [4.69, 9.17) is 0 Å². The molecule has 1 atom stereocenters. The van der Waals surface area contributed by atoms with Gasteiger partial charge >= 0.3 is 5.97 Å². The molecule has 0 saturated carbocycles. The van der Waals surface area contributed by atoms with Gasteiger partial charge < -0.3 is 10.4 Å². The first-order valence-corrected chi connectivity index (χ1v) is 6.40. The number of hydrogen-bond donors (Lipinski definition) is 2. The Labute approximate surface area is 121 Å². The topological polar surface area (TPSA) is 66.4 Å². The van der Waals surface area contributed by atoms with Gasteiger partial charge in [0.25, 0.3) is 5.91 Å². The number of halogens is 1. The fraction of sp³-hybridized carbons (Fsp3) is 0.125. The van der Waals surface area contributed by atoms with Crippen molar-refractivity contribution in [2.24, 2.45) is 0 Å². The predicted octanol–water partition coefficient (Wildman–Crippen LogP) is 2.42. The molecule has 5 heteroatoms. The summed E-state index contributed by atoms with van der Waals surface area (Å²) in [7, 11) is 0. The van der Waals surface area contributed by atoms with Crippen LogP contribution < -0.4 is 5.32 Å². The second kappa shape index (κ2) is 6.65. The SMILES string of the molecule is O=C(NCC(C(=O)O)c1ccccc1F)c1ccccc1. The summed E-state index contributed by atoms with van der Waals surface area (Å²) >= 11 is 0. The summed E-state index contributed by atoms with van der Waals surface area (Å²) in [4.78, 5) is 23.2. The van der Waals surface area contributed by atoms with Gasteiger partial charge in [-0.25, -0.2) is 4.39 Å². The first-order valence-electron chi connectivity index (χ1n) is 6.40. The highest BCUT2D eigenvalue weighted by atomic mass is 19.1. The van der Waals surface area contributed by atoms with Gasteiger partial charge in [0.05, 0.1) is 0 Å². The van der Waals surface area contributed by atoms with E-state index in [0.29, 0.717) is 5.56 Å². The van der Waals surface area contributed by atoms with E-state index in [-0.39, 0.29) is 12.1 Å². The molecular weight excluding hydrogens is 273 g/mol. The highest BCUT2D eigenvalue weighted by molar-refractivity contribution is 5.94. The lowest BCUT2D eigenvalue weighted by atomic mass is 9.98. The van der Waals surface area contributed by atoms with Crippen molar-refractivity contribution in [3.63, 3.8) is 0 Å². The second-order valence-electron chi connectivity index (χ2n) is 4.49. The first kappa shape index (κ1) is 14.7. The van der Waals surface area contributed by atoms with Crippen molar-refractivity contribution in [1.29, 1.82) is 0 Å². The molecule has 1 unspecified atom stereocenters. The predicted molar refractivity (Wildman–Crippen MR) is 75.6 cm³/mol. The summed E-state index contributed by atoms with van der Waals surface area (Å²) in [5, 5.41) is 11.7. The molecule has 0 saturated heterocycles. The number of carboxylic acid groups (broad SMARTS) is 1. The average molecular weight is 287 g/mol. The highest BCUT2D eigenvalue weighted by Crippen LogP contribution is 2.19. The van der Waals surface area contributed by atoms with E-state index in [9.17, 15) is 19.1 Å². The maximum Gasteiger partial charge on any atom is 0.312 e. The Balaban J connectivity index is 2.10. The van der Waals surface area contributed by atoms with Crippen LogP contribution >= 0.6 is 0 Å². The molecule has 0 aliphatic carbocycles. The lowest BCUT2D eigenvalue weighted by Gasteiger charge is -2.14. The molecule has 2 N–H and O–H groups in total. The molecular formula is C16H14FNO3. The van der Waals surface area contributed by atoms with Gasteiger partial charge in [0, 0.05) is 17.7 Å². The van der Waals surface area contributed by atoms with Crippen LogP contribution in [0.2, 0.25) is 0 Å².